The van der Waals surface area contributed by atoms with E-state index in [-0.39, 0.29) is 30.0 Å². The molecular weight excluding hydrogens is 248 g/mol. The zero-order chi connectivity index (χ0) is 14.0. The van der Waals surface area contributed by atoms with Gasteiger partial charge in [0.15, 0.2) is 0 Å². The number of nitrogens with zero attached hydrogens (tertiary/aromatic N) is 2. The molecule has 0 aromatic carbocycles. The number of anilines is 1. The molecule has 0 spiro atoms. The first-order valence-corrected chi connectivity index (χ1v) is 6.01. The molecule has 0 bridgehead atoms. The molecule has 1 aromatic rings. The van der Waals surface area contributed by atoms with Crippen molar-refractivity contribution in [3.8, 4) is 0 Å². The van der Waals surface area contributed by atoms with Gasteiger partial charge in [-0.2, -0.15) is 0 Å². The summed E-state index contributed by atoms with van der Waals surface area (Å²) in [7, 11) is 0. The number of hydrogen-bond acceptors (Lipinski definition) is 5. The van der Waals surface area contributed by atoms with Crippen LogP contribution in [0.4, 0.5) is 5.69 Å². The van der Waals surface area contributed by atoms with Gasteiger partial charge < -0.3 is 10.3 Å². The van der Waals surface area contributed by atoms with Crippen LogP contribution in [0.2, 0.25) is 0 Å². The topological polar surface area (TPSA) is 97.4 Å². The highest BCUT2D eigenvalue weighted by Crippen LogP contribution is 2.05. The molecule has 7 nitrogen and oxygen atoms in total. The summed E-state index contributed by atoms with van der Waals surface area (Å²) < 4.78 is 1.47. The van der Waals surface area contributed by atoms with Crippen molar-refractivity contribution in [3.63, 3.8) is 0 Å². The van der Waals surface area contributed by atoms with E-state index in [0.717, 1.165) is 0 Å². The Morgan fingerprint density at radius 2 is 2.05 bits per heavy atom. The van der Waals surface area contributed by atoms with Crippen LogP contribution in [0.25, 0.3) is 0 Å². The van der Waals surface area contributed by atoms with E-state index in [2.05, 4.69) is 5.32 Å². The molecule has 1 unspecified atom stereocenters. The maximum atomic E-state index is 11.6. The molecule has 102 valence electrons. The number of nitrogens with two attached hydrogens (primary N) is 1. The largest absolute Gasteiger partial charge is 0.398 e. The number of amides is 2. The van der Waals surface area contributed by atoms with Gasteiger partial charge in [0.25, 0.3) is 5.56 Å². The van der Waals surface area contributed by atoms with Crippen molar-refractivity contribution < 1.29 is 9.59 Å². The Kier molecular flexibility index (Phi) is 3.66. The second kappa shape index (κ2) is 5.23. The molecule has 1 aliphatic heterocycles. The average Bonchev–Trinajstić information content (AvgIpc) is 2.35. The van der Waals surface area contributed by atoms with E-state index in [1.165, 1.54) is 10.6 Å². The van der Waals surface area contributed by atoms with Crippen molar-refractivity contribution in [2.24, 2.45) is 0 Å². The van der Waals surface area contributed by atoms with Crippen LogP contribution in [-0.4, -0.2) is 40.4 Å². The van der Waals surface area contributed by atoms with Crippen LogP contribution in [0.1, 0.15) is 6.92 Å². The van der Waals surface area contributed by atoms with Crippen molar-refractivity contribution in [1.82, 2.24) is 14.8 Å². The summed E-state index contributed by atoms with van der Waals surface area (Å²) in [6.45, 7) is 2.70. The predicted octanol–water partition coefficient (Wildman–Crippen LogP) is -1.22. The molecule has 2 heterocycles. The molecule has 0 radical (unpaired) electrons. The van der Waals surface area contributed by atoms with Gasteiger partial charge in [-0.05, 0) is 13.0 Å². The summed E-state index contributed by atoms with van der Waals surface area (Å²) in [4.78, 5) is 36.1. The molecule has 1 fully saturated rings. The summed E-state index contributed by atoms with van der Waals surface area (Å²) in [6, 6.07) is 2.56. The molecule has 3 N–H and O–H groups in total. The highest BCUT2D eigenvalue weighted by atomic mass is 16.2. The third kappa shape index (κ3) is 3.00. The van der Waals surface area contributed by atoms with Crippen LogP contribution in [0.15, 0.2) is 23.1 Å². The smallest absolute Gasteiger partial charge is 0.250 e. The number of carbonyl (C=O) groups is 2. The van der Waals surface area contributed by atoms with E-state index in [4.69, 9.17) is 5.73 Å². The number of pyridine rings is 1. The van der Waals surface area contributed by atoms with E-state index in [0.29, 0.717) is 18.8 Å². The van der Waals surface area contributed by atoms with Crippen LogP contribution in [-0.2, 0) is 16.1 Å². The van der Waals surface area contributed by atoms with Gasteiger partial charge in [0.2, 0.25) is 11.8 Å². The maximum Gasteiger partial charge on any atom is 0.250 e. The Labute approximate surface area is 110 Å². The van der Waals surface area contributed by atoms with E-state index in [1.807, 2.05) is 0 Å². The minimum atomic E-state index is -0.380. The van der Waals surface area contributed by atoms with Gasteiger partial charge in [-0.15, -0.1) is 0 Å². The molecular formula is C12H16N4O3. The quantitative estimate of drug-likeness (QED) is 0.667. The second-order valence-corrected chi connectivity index (χ2v) is 4.55. The second-order valence-electron chi connectivity index (χ2n) is 4.55. The Bertz CT molecular complexity index is 566. The fourth-order valence-corrected chi connectivity index (χ4v) is 2.00. The summed E-state index contributed by atoms with van der Waals surface area (Å²) in [6.07, 6.45) is 1.55. The molecule has 7 heteroatoms. The summed E-state index contributed by atoms with van der Waals surface area (Å²) >= 11 is 0. The Balaban J connectivity index is 2.05. The Hall–Kier alpha value is -2.15. The lowest BCUT2D eigenvalue weighted by Gasteiger charge is -2.31. The third-order valence-corrected chi connectivity index (χ3v) is 3.17. The first kappa shape index (κ1) is 13.3. The highest BCUT2D eigenvalue weighted by molar-refractivity contribution is 6.00. The molecule has 1 saturated heterocycles. The van der Waals surface area contributed by atoms with Crippen molar-refractivity contribution in [2.75, 3.05) is 18.8 Å². The molecule has 2 rings (SSSR count). The zero-order valence-corrected chi connectivity index (χ0v) is 10.6. The lowest BCUT2D eigenvalue weighted by atomic mass is 10.2. The van der Waals surface area contributed by atoms with Gasteiger partial charge in [0.1, 0.15) is 0 Å². The van der Waals surface area contributed by atoms with Gasteiger partial charge in [-0.25, -0.2) is 0 Å². The van der Waals surface area contributed by atoms with Crippen LogP contribution in [0, 0.1) is 0 Å². The monoisotopic (exact) mass is 264 g/mol. The molecule has 19 heavy (non-hydrogen) atoms. The van der Waals surface area contributed by atoms with Gasteiger partial charge >= 0.3 is 0 Å². The number of hydrogen-bond donors (Lipinski definition) is 2. The fraction of sp³-hybridized carbons (Fsp3) is 0.417. The minimum absolute atomic E-state index is 0.157. The number of nitrogens with one attached hydrogen (secondary N) is 1. The van der Waals surface area contributed by atoms with Gasteiger partial charge in [0, 0.05) is 31.0 Å². The van der Waals surface area contributed by atoms with Crippen molar-refractivity contribution in [3.05, 3.63) is 28.7 Å². The number of imide groups is 1. The number of piperazine rings is 1. The fourth-order valence-electron chi connectivity index (χ4n) is 2.00. The molecule has 1 atom stereocenters. The van der Waals surface area contributed by atoms with Gasteiger partial charge in [-0.3, -0.25) is 24.6 Å². The van der Waals surface area contributed by atoms with Crippen LogP contribution in [0.3, 0.4) is 0 Å². The van der Waals surface area contributed by atoms with E-state index < -0.39 is 0 Å². The zero-order valence-electron chi connectivity index (χ0n) is 10.6. The molecule has 1 aromatic heterocycles. The Morgan fingerprint density at radius 3 is 2.79 bits per heavy atom. The first-order chi connectivity index (χ1) is 8.97. The summed E-state index contributed by atoms with van der Waals surface area (Å²) in [5, 5.41) is 2.27. The Morgan fingerprint density at radius 1 is 1.32 bits per heavy atom. The van der Waals surface area contributed by atoms with Crippen LogP contribution >= 0.6 is 0 Å². The van der Waals surface area contributed by atoms with Crippen molar-refractivity contribution in [2.45, 2.75) is 19.5 Å². The number of aromatic nitrogens is 1. The summed E-state index contributed by atoms with van der Waals surface area (Å²) in [5.74, 6) is -0.626. The molecule has 0 saturated carbocycles. The standard InChI is InChI=1S/C12H16N4O3/c1-8-12(19)14-10(17)7-15(8)4-5-16-6-9(13)2-3-11(16)18/h2-3,6,8H,4-5,7,13H2,1H3,(H,14,17,19). The average molecular weight is 264 g/mol. The number of rotatable bonds is 3. The first-order valence-electron chi connectivity index (χ1n) is 6.01. The van der Waals surface area contributed by atoms with Crippen molar-refractivity contribution >= 4 is 17.5 Å². The molecule has 2 amide bonds. The molecule has 1 aliphatic rings. The summed E-state index contributed by atoms with van der Waals surface area (Å²) in [5.41, 5.74) is 5.96. The number of carbonyl (C=O) groups excluding carboxylic acids is 2. The normalized spacial score (nSPS) is 20.4. The van der Waals surface area contributed by atoms with Crippen molar-refractivity contribution in [1.29, 1.82) is 0 Å². The van der Waals surface area contributed by atoms with Crippen LogP contribution < -0.4 is 16.6 Å². The SMILES string of the molecule is CC1C(=O)NC(=O)CN1CCn1cc(N)ccc1=O. The predicted molar refractivity (Wildman–Crippen MR) is 69.3 cm³/mol. The number of nitrogen functional groups attached to an aromatic ring is 1. The van der Waals surface area contributed by atoms with E-state index in [9.17, 15) is 14.4 Å². The van der Waals surface area contributed by atoms with Gasteiger partial charge in [-0.1, -0.05) is 0 Å². The lowest BCUT2D eigenvalue weighted by molar-refractivity contribution is -0.139. The van der Waals surface area contributed by atoms with E-state index >= 15 is 0 Å². The highest BCUT2D eigenvalue weighted by Gasteiger charge is 2.29. The lowest BCUT2D eigenvalue weighted by Crippen LogP contribution is -2.57. The maximum absolute atomic E-state index is 11.6. The van der Waals surface area contributed by atoms with Crippen LogP contribution in [0.5, 0.6) is 0 Å². The third-order valence-electron chi connectivity index (χ3n) is 3.17. The van der Waals surface area contributed by atoms with Gasteiger partial charge in [0.05, 0.1) is 12.6 Å². The van der Waals surface area contributed by atoms with E-state index in [1.54, 1.807) is 24.1 Å². The minimum Gasteiger partial charge on any atom is -0.398 e. The molecule has 0 aliphatic carbocycles.